The van der Waals surface area contributed by atoms with Crippen molar-refractivity contribution >= 4 is 0 Å². The quantitative estimate of drug-likeness (QED) is 0.762. The lowest BCUT2D eigenvalue weighted by Crippen LogP contribution is -2.34. The van der Waals surface area contributed by atoms with Crippen molar-refractivity contribution in [2.24, 2.45) is 5.73 Å². The predicted octanol–water partition coefficient (Wildman–Crippen LogP) is 1.64. The summed E-state index contributed by atoms with van der Waals surface area (Å²) in [5.41, 5.74) is 7.21. The third-order valence-electron chi connectivity index (χ3n) is 2.20. The van der Waals surface area contributed by atoms with E-state index < -0.39 is 0 Å². The van der Waals surface area contributed by atoms with Crippen LogP contribution in [0.15, 0.2) is 30.3 Å². The minimum Gasteiger partial charge on any atom is -0.326 e. The molecular weight excluding hydrogens is 160 g/mol. The maximum Gasteiger partial charge on any atom is 0.0491 e. The molecule has 1 aromatic rings. The van der Waals surface area contributed by atoms with Gasteiger partial charge in [0.05, 0.1) is 0 Å². The van der Waals surface area contributed by atoms with Gasteiger partial charge >= 0.3 is 0 Å². The number of benzene rings is 1. The van der Waals surface area contributed by atoms with Crippen molar-refractivity contribution in [3.05, 3.63) is 35.9 Å². The zero-order valence-electron chi connectivity index (χ0n) is 8.57. The minimum atomic E-state index is 0.150. The molecule has 0 aliphatic rings. The molecule has 0 spiro atoms. The van der Waals surface area contributed by atoms with Crippen LogP contribution in [0.5, 0.6) is 0 Å². The van der Waals surface area contributed by atoms with E-state index in [0.29, 0.717) is 6.04 Å². The summed E-state index contributed by atoms with van der Waals surface area (Å²) < 4.78 is 0. The molecule has 2 atom stereocenters. The molecule has 0 unspecified atom stereocenters. The summed E-state index contributed by atoms with van der Waals surface area (Å²) in [6.07, 6.45) is 0. The molecule has 0 saturated heterocycles. The molecule has 0 aliphatic carbocycles. The summed E-state index contributed by atoms with van der Waals surface area (Å²) in [6.45, 7) is 2.04. The van der Waals surface area contributed by atoms with Crippen LogP contribution < -0.4 is 5.73 Å². The number of hydrogen-bond donors (Lipinski definition) is 1. The highest BCUT2D eigenvalue weighted by molar-refractivity contribution is 5.20. The first-order valence-corrected chi connectivity index (χ1v) is 4.60. The maximum absolute atomic E-state index is 5.93. The molecule has 72 valence electrons. The molecule has 2 nitrogen and oxygen atoms in total. The van der Waals surface area contributed by atoms with Crippen LogP contribution in [0.4, 0.5) is 0 Å². The summed E-state index contributed by atoms with van der Waals surface area (Å²) in [6, 6.07) is 10.8. The van der Waals surface area contributed by atoms with Crippen LogP contribution in [-0.4, -0.2) is 25.0 Å². The van der Waals surface area contributed by atoms with Gasteiger partial charge in [0.25, 0.3) is 0 Å². The van der Waals surface area contributed by atoms with Crippen molar-refractivity contribution in [2.75, 3.05) is 14.1 Å². The number of rotatable bonds is 3. The van der Waals surface area contributed by atoms with Gasteiger partial charge in [0.15, 0.2) is 0 Å². The van der Waals surface area contributed by atoms with Crippen LogP contribution in [0.3, 0.4) is 0 Å². The minimum absolute atomic E-state index is 0.150. The van der Waals surface area contributed by atoms with Gasteiger partial charge in [-0.2, -0.15) is 0 Å². The second kappa shape index (κ2) is 4.40. The van der Waals surface area contributed by atoms with Gasteiger partial charge in [-0.1, -0.05) is 30.3 Å². The highest BCUT2D eigenvalue weighted by atomic mass is 15.1. The smallest absolute Gasteiger partial charge is 0.0491 e. The third-order valence-corrected chi connectivity index (χ3v) is 2.20. The van der Waals surface area contributed by atoms with Gasteiger partial charge in [0, 0.05) is 12.1 Å². The third kappa shape index (κ3) is 2.54. The van der Waals surface area contributed by atoms with Crippen molar-refractivity contribution in [1.29, 1.82) is 0 Å². The molecule has 1 aromatic carbocycles. The Morgan fingerprint density at radius 2 is 1.69 bits per heavy atom. The number of nitrogens with zero attached hydrogens (tertiary/aromatic N) is 1. The second-order valence-electron chi connectivity index (χ2n) is 3.68. The first kappa shape index (κ1) is 10.2. The average molecular weight is 178 g/mol. The molecule has 2 N–H and O–H groups in total. The van der Waals surface area contributed by atoms with Crippen molar-refractivity contribution in [3.63, 3.8) is 0 Å². The molecule has 0 amide bonds. The van der Waals surface area contributed by atoms with E-state index in [1.165, 1.54) is 5.56 Å². The van der Waals surface area contributed by atoms with Crippen LogP contribution in [0, 0.1) is 0 Å². The molecule has 0 fully saturated rings. The first-order valence-electron chi connectivity index (χ1n) is 4.60. The highest BCUT2D eigenvalue weighted by Gasteiger charge is 2.17. The lowest BCUT2D eigenvalue weighted by molar-refractivity contribution is 0.266. The summed E-state index contributed by atoms with van der Waals surface area (Å²) in [5, 5.41) is 0. The Hall–Kier alpha value is -0.860. The molecule has 0 saturated carbocycles. The summed E-state index contributed by atoms with van der Waals surface area (Å²) in [5.74, 6) is 0. The Labute approximate surface area is 80.4 Å². The maximum atomic E-state index is 5.93. The fraction of sp³-hybridized carbons (Fsp3) is 0.455. The molecule has 13 heavy (non-hydrogen) atoms. The van der Waals surface area contributed by atoms with Crippen LogP contribution in [0.1, 0.15) is 18.5 Å². The Balaban J connectivity index is 2.89. The Kier molecular flexibility index (Phi) is 3.46. The van der Waals surface area contributed by atoms with Crippen molar-refractivity contribution in [2.45, 2.75) is 19.0 Å². The molecule has 0 bridgehead atoms. The van der Waals surface area contributed by atoms with E-state index in [-0.39, 0.29) is 6.04 Å². The van der Waals surface area contributed by atoms with E-state index in [1.54, 1.807) is 0 Å². The highest BCUT2D eigenvalue weighted by Crippen LogP contribution is 2.19. The lowest BCUT2D eigenvalue weighted by Gasteiger charge is -2.28. The first-order chi connectivity index (χ1) is 6.13. The van der Waals surface area contributed by atoms with Crippen LogP contribution in [-0.2, 0) is 0 Å². The van der Waals surface area contributed by atoms with Gasteiger partial charge in [0.2, 0.25) is 0 Å². The van der Waals surface area contributed by atoms with Crippen molar-refractivity contribution < 1.29 is 0 Å². The monoisotopic (exact) mass is 178 g/mol. The predicted molar refractivity (Wildman–Crippen MR) is 56.5 cm³/mol. The van der Waals surface area contributed by atoms with E-state index in [2.05, 4.69) is 31.1 Å². The van der Waals surface area contributed by atoms with E-state index in [0.717, 1.165) is 0 Å². The van der Waals surface area contributed by atoms with Gasteiger partial charge in [-0.05, 0) is 26.6 Å². The molecule has 0 heterocycles. The molecule has 0 radical (unpaired) electrons. The average Bonchev–Trinajstić information content (AvgIpc) is 2.04. The standard InChI is InChI=1S/C11H18N2/c1-9(12)11(13(2)3)10-7-5-4-6-8-10/h4-9,11H,12H2,1-3H3/t9-,11+/m1/s1. The molecular formula is C11H18N2. The number of likely N-dealkylation sites (N-methyl/N-ethyl adjacent to an activating group) is 1. The second-order valence-corrected chi connectivity index (χ2v) is 3.68. The number of hydrogen-bond acceptors (Lipinski definition) is 2. The fourth-order valence-corrected chi connectivity index (χ4v) is 1.72. The molecule has 2 heteroatoms. The number of nitrogens with two attached hydrogens (primary N) is 1. The van der Waals surface area contributed by atoms with Gasteiger partial charge in [-0.3, -0.25) is 0 Å². The van der Waals surface area contributed by atoms with Crippen molar-refractivity contribution in [3.8, 4) is 0 Å². The van der Waals surface area contributed by atoms with E-state index >= 15 is 0 Å². The van der Waals surface area contributed by atoms with E-state index in [1.807, 2.05) is 25.1 Å². The lowest BCUT2D eigenvalue weighted by atomic mass is 10.0. The van der Waals surface area contributed by atoms with Crippen LogP contribution in [0.2, 0.25) is 0 Å². The van der Waals surface area contributed by atoms with Crippen LogP contribution in [0.25, 0.3) is 0 Å². The van der Waals surface area contributed by atoms with Gasteiger partial charge in [-0.25, -0.2) is 0 Å². The Morgan fingerprint density at radius 3 is 2.08 bits per heavy atom. The Morgan fingerprint density at radius 1 is 1.15 bits per heavy atom. The summed E-state index contributed by atoms with van der Waals surface area (Å²) in [4.78, 5) is 2.15. The van der Waals surface area contributed by atoms with Crippen molar-refractivity contribution in [1.82, 2.24) is 4.90 Å². The zero-order chi connectivity index (χ0) is 9.84. The Bertz CT molecular complexity index is 234. The summed E-state index contributed by atoms with van der Waals surface area (Å²) in [7, 11) is 4.11. The largest absolute Gasteiger partial charge is 0.326 e. The molecule has 0 aliphatic heterocycles. The van der Waals surface area contributed by atoms with E-state index in [4.69, 9.17) is 5.73 Å². The molecule has 1 rings (SSSR count). The molecule has 0 aromatic heterocycles. The summed E-state index contributed by atoms with van der Waals surface area (Å²) >= 11 is 0. The zero-order valence-corrected chi connectivity index (χ0v) is 8.57. The fourth-order valence-electron chi connectivity index (χ4n) is 1.72. The van der Waals surface area contributed by atoms with Gasteiger partial charge in [0.1, 0.15) is 0 Å². The van der Waals surface area contributed by atoms with E-state index in [9.17, 15) is 0 Å². The topological polar surface area (TPSA) is 29.3 Å². The van der Waals surface area contributed by atoms with Gasteiger partial charge < -0.3 is 10.6 Å². The normalized spacial score (nSPS) is 15.8. The van der Waals surface area contributed by atoms with Crippen LogP contribution >= 0.6 is 0 Å². The SMILES string of the molecule is C[C@@H](N)[C@@H](c1ccccc1)N(C)C. The van der Waals surface area contributed by atoms with Gasteiger partial charge in [-0.15, -0.1) is 0 Å².